The van der Waals surface area contributed by atoms with E-state index in [-0.39, 0.29) is 53.4 Å². The van der Waals surface area contributed by atoms with Gasteiger partial charge >= 0.3 is 5.97 Å². The molecule has 12 heteroatoms. The molecule has 0 saturated heterocycles. The Hall–Kier alpha value is -2.83. The van der Waals surface area contributed by atoms with Crippen LogP contribution >= 0.6 is 18.5 Å². The van der Waals surface area contributed by atoms with Gasteiger partial charge in [0.2, 0.25) is 5.91 Å². The SMILES string of the molecule is CCOC(=O)C1CCC(Oc2cc(C(=O)N[C@@H]3[C@H]4CC[C@H](C4)[C@@H]3C(=O)Nc3ccnc(C(F)(P)P)c3)c(OC)cc2C)CC1. The van der Waals surface area contributed by atoms with Gasteiger partial charge in [0.05, 0.1) is 42.9 Å². The molecule has 0 spiro atoms. The van der Waals surface area contributed by atoms with Crippen molar-refractivity contribution in [2.45, 2.75) is 76.1 Å². The van der Waals surface area contributed by atoms with Crippen LogP contribution in [-0.4, -0.2) is 48.6 Å². The Kier molecular flexibility index (Phi) is 10.1. The Bertz CT molecular complexity index is 1390. The topological polar surface area (TPSA) is 116 Å². The molecular formula is C32H42FN3O6P2. The van der Waals surface area contributed by atoms with Crippen LogP contribution in [0.4, 0.5) is 10.1 Å². The van der Waals surface area contributed by atoms with Crippen molar-refractivity contribution in [3.8, 4) is 11.5 Å². The highest BCUT2D eigenvalue weighted by Gasteiger charge is 2.51. The summed E-state index contributed by atoms with van der Waals surface area (Å²) in [5.41, 5.74) is 1.81. The van der Waals surface area contributed by atoms with Crippen LogP contribution in [0.1, 0.15) is 73.5 Å². The van der Waals surface area contributed by atoms with Crippen molar-refractivity contribution in [3.05, 3.63) is 47.3 Å². The summed E-state index contributed by atoms with van der Waals surface area (Å²) in [4.78, 5) is 43.6. The maximum Gasteiger partial charge on any atom is 0.308 e. The number of rotatable bonds is 10. The van der Waals surface area contributed by atoms with Crippen molar-refractivity contribution in [3.63, 3.8) is 0 Å². The van der Waals surface area contributed by atoms with Crippen molar-refractivity contribution in [1.29, 1.82) is 0 Å². The molecule has 9 nitrogen and oxygen atoms in total. The second-order valence-electron chi connectivity index (χ2n) is 12.2. The van der Waals surface area contributed by atoms with E-state index in [9.17, 15) is 18.8 Å². The van der Waals surface area contributed by atoms with E-state index in [1.807, 2.05) is 13.8 Å². The molecule has 3 fully saturated rings. The molecule has 6 atom stereocenters. The fourth-order valence-corrected chi connectivity index (χ4v) is 7.36. The van der Waals surface area contributed by atoms with E-state index in [4.69, 9.17) is 14.2 Å². The zero-order valence-corrected chi connectivity index (χ0v) is 27.7. The van der Waals surface area contributed by atoms with Crippen molar-refractivity contribution in [1.82, 2.24) is 10.3 Å². The molecule has 2 aromatic rings. The number of fused-ring (bicyclic) bond motifs is 2. The number of anilines is 1. The van der Waals surface area contributed by atoms with Gasteiger partial charge in [-0.15, -0.1) is 0 Å². The highest BCUT2D eigenvalue weighted by molar-refractivity contribution is 7.38. The monoisotopic (exact) mass is 645 g/mol. The maximum atomic E-state index is 14.4. The average molecular weight is 646 g/mol. The third kappa shape index (κ3) is 7.18. The molecule has 0 aliphatic heterocycles. The molecule has 3 saturated carbocycles. The van der Waals surface area contributed by atoms with Crippen molar-refractivity contribution in [2.24, 2.45) is 23.7 Å². The number of hydrogen-bond donors (Lipinski definition) is 2. The number of nitrogens with one attached hydrogen (secondary N) is 2. The minimum Gasteiger partial charge on any atom is -0.496 e. The van der Waals surface area contributed by atoms with Crippen LogP contribution in [0.15, 0.2) is 30.5 Å². The molecule has 5 rings (SSSR count). The van der Waals surface area contributed by atoms with Crippen LogP contribution in [0.25, 0.3) is 0 Å². The van der Waals surface area contributed by atoms with Gasteiger partial charge in [-0.05, 0) is 100 Å². The van der Waals surface area contributed by atoms with Crippen molar-refractivity contribution in [2.75, 3.05) is 19.0 Å². The van der Waals surface area contributed by atoms with E-state index >= 15 is 0 Å². The summed E-state index contributed by atoms with van der Waals surface area (Å²) >= 11 is 0. The standard InChI is InChI=1S/C32H42FN3O6P2/c1-4-41-31(39)18-7-9-22(10-8-18)42-24-16-23(25(40-3)13-17(24)2)29(37)36-28-20-6-5-19(14-20)27(28)30(38)35-21-11-12-34-26(15-21)32(33,43)44/h11-13,15-16,18-20,22,27-28H,4-10,14,43-44H2,1-3H3,(H,36,37)(H,34,35,38)/t18?,19-,20+,22?,27+,28-/m1/s1. The number of amides is 2. The zero-order valence-electron chi connectivity index (χ0n) is 25.4. The number of carbonyl (C=O) groups is 3. The second-order valence-corrected chi connectivity index (χ2v) is 14.6. The first-order chi connectivity index (χ1) is 21.0. The molecule has 3 aliphatic carbocycles. The molecule has 2 unspecified atom stereocenters. The lowest BCUT2D eigenvalue weighted by Crippen LogP contribution is -2.48. The fraction of sp³-hybridized carbons (Fsp3) is 0.562. The maximum absolute atomic E-state index is 14.4. The number of hydrogen-bond acceptors (Lipinski definition) is 7. The van der Waals surface area contributed by atoms with E-state index in [2.05, 4.69) is 34.1 Å². The summed E-state index contributed by atoms with van der Waals surface area (Å²) in [6.45, 7) is 4.10. The van der Waals surface area contributed by atoms with E-state index in [0.29, 0.717) is 42.2 Å². The Morgan fingerprint density at radius 2 is 1.77 bits per heavy atom. The summed E-state index contributed by atoms with van der Waals surface area (Å²) < 4.78 is 31.5. The first-order valence-corrected chi connectivity index (χ1v) is 16.5. The number of aromatic nitrogens is 1. The van der Waals surface area contributed by atoms with Crippen LogP contribution in [-0.2, 0) is 19.5 Å². The molecule has 1 aromatic heterocycles. The van der Waals surface area contributed by atoms with Gasteiger partial charge in [-0.25, -0.2) is 4.39 Å². The molecule has 1 heterocycles. The molecule has 2 bridgehead atoms. The number of benzene rings is 1. The summed E-state index contributed by atoms with van der Waals surface area (Å²) in [7, 11) is 5.68. The predicted molar refractivity (Wildman–Crippen MR) is 171 cm³/mol. The minimum atomic E-state index is -1.80. The highest BCUT2D eigenvalue weighted by atomic mass is 31.1. The lowest BCUT2D eigenvalue weighted by molar-refractivity contribution is -0.149. The molecule has 44 heavy (non-hydrogen) atoms. The zero-order chi connectivity index (χ0) is 31.6. The van der Waals surface area contributed by atoms with Crippen LogP contribution in [0.5, 0.6) is 11.5 Å². The number of nitrogens with zero attached hydrogens (tertiary/aromatic N) is 1. The van der Waals surface area contributed by atoms with Gasteiger partial charge in [0, 0.05) is 17.9 Å². The fourth-order valence-electron chi connectivity index (χ4n) is 7.04. The van der Waals surface area contributed by atoms with Gasteiger partial charge in [0.25, 0.3) is 5.91 Å². The van der Waals surface area contributed by atoms with Gasteiger partial charge in [-0.2, -0.15) is 0 Å². The van der Waals surface area contributed by atoms with Gasteiger partial charge in [0.1, 0.15) is 11.5 Å². The van der Waals surface area contributed by atoms with Gasteiger partial charge in [0.15, 0.2) is 5.15 Å². The second kappa shape index (κ2) is 13.7. The third-order valence-corrected chi connectivity index (χ3v) is 9.86. The smallest absolute Gasteiger partial charge is 0.308 e. The average Bonchev–Trinajstić information content (AvgIpc) is 3.60. The van der Waals surface area contributed by atoms with Crippen molar-refractivity contribution < 1.29 is 33.0 Å². The molecule has 3 aliphatic rings. The number of alkyl halides is 1. The number of aryl methyl sites for hydroxylation is 1. The Morgan fingerprint density at radius 3 is 2.45 bits per heavy atom. The number of ether oxygens (including phenoxy) is 3. The van der Waals surface area contributed by atoms with Crippen LogP contribution < -0.4 is 20.1 Å². The molecule has 238 valence electrons. The summed E-state index contributed by atoms with van der Waals surface area (Å²) in [6, 6.07) is 6.31. The van der Waals surface area contributed by atoms with Gasteiger partial charge in [-0.1, -0.05) is 18.5 Å². The largest absolute Gasteiger partial charge is 0.496 e. The first-order valence-electron chi connectivity index (χ1n) is 15.3. The van der Waals surface area contributed by atoms with E-state index < -0.39 is 11.1 Å². The molecule has 2 amide bonds. The number of pyridine rings is 1. The van der Waals surface area contributed by atoms with Crippen LogP contribution in [0.3, 0.4) is 0 Å². The lowest BCUT2D eigenvalue weighted by atomic mass is 9.83. The van der Waals surface area contributed by atoms with Crippen LogP contribution in [0, 0.1) is 30.6 Å². The summed E-state index contributed by atoms with van der Waals surface area (Å²) in [6.07, 6.45) is 6.95. The molecule has 2 N–H and O–H groups in total. The lowest BCUT2D eigenvalue weighted by Gasteiger charge is -2.31. The summed E-state index contributed by atoms with van der Waals surface area (Å²) in [5, 5.41) is 4.30. The number of esters is 1. The normalized spacial score (nSPS) is 26.1. The molecule has 1 aromatic carbocycles. The van der Waals surface area contributed by atoms with E-state index in [0.717, 1.165) is 37.7 Å². The first kappa shape index (κ1) is 32.6. The van der Waals surface area contributed by atoms with E-state index in [1.54, 1.807) is 18.2 Å². The Morgan fingerprint density at radius 1 is 1.05 bits per heavy atom. The Balaban J connectivity index is 1.29. The number of carbonyl (C=O) groups excluding carboxylic acids is 3. The highest BCUT2D eigenvalue weighted by Crippen LogP contribution is 2.49. The predicted octanol–water partition coefficient (Wildman–Crippen LogP) is 5.51. The number of methoxy groups -OCH3 is 1. The quantitative estimate of drug-likeness (QED) is 0.259. The minimum absolute atomic E-state index is 0.0730. The Labute approximate surface area is 262 Å². The molecular weight excluding hydrogens is 603 g/mol. The number of halogens is 1. The van der Waals surface area contributed by atoms with Gasteiger partial charge < -0.3 is 24.8 Å². The van der Waals surface area contributed by atoms with Gasteiger partial charge in [-0.3, -0.25) is 19.4 Å². The van der Waals surface area contributed by atoms with E-state index in [1.165, 1.54) is 19.4 Å². The van der Waals surface area contributed by atoms with Crippen molar-refractivity contribution >= 4 is 42.0 Å². The molecule has 0 radical (unpaired) electrons. The van der Waals surface area contributed by atoms with Crippen LogP contribution in [0.2, 0.25) is 0 Å². The summed E-state index contributed by atoms with van der Waals surface area (Å²) in [5.74, 6) is 0.168. The third-order valence-electron chi connectivity index (χ3n) is 9.27.